The van der Waals surface area contributed by atoms with Crippen molar-refractivity contribution in [3.63, 3.8) is 0 Å². The minimum Gasteiger partial charge on any atom is -0.481 e. The van der Waals surface area contributed by atoms with Crippen molar-refractivity contribution in [1.29, 1.82) is 0 Å². The third kappa shape index (κ3) is 3.40. The van der Waals surface area contributed by atoms with E-state index in [-0.39, 0.29) is 23.1 Å². The zero-order valence-corrected chi connectivity index (χ0v) is 14.9. The summed E-state index contributed by atoms with van der Waals surface area (Å²) in [5.41, 5.74) is 0.0891. The van der Waals surface area contributed by atoms with E-state index in [9.17, 15) is 23.1 Å². The number of nitrogens with zero attached hydrogens (tertiary/aromatic N) is 2. The van der Waals surface area contributed by atoms with Gasteiger partial charge in [-0.05, 0) is 24.5 Å². The number of piperidine rings is 1. The molecule has 2 unspecified atom stereocenters. The minimum atomic E-state index is -3.96. The molecule has 1 fully saturated rings. The molecule has 2 heterocycles. The van der Waals surface area contributed by atoms with Crippen molar-refractivity contribution in [3.05, 3.63) is 36.2 Å². The second-order valence-electron chi connectivity index (χ2n) is 6.64. The van der Waals surface area contributed by atoms with Gasteiger partial charge in [0.05, 0.1) is 10.8 Å². The summed E-state index contributed by atoms with van der Waals surface area (Å²) in [4.78, 5) is 29.8. The molecule has 0 saturated carbocycles. The van der Waals surface area contributed by atoms with Gasteiger partial charge in [-0.15, -0.1) is 0 Å². The maximum absolute atomic E-state index is 13.0. The number of fused-ring (bicyclic) bond motifs is 1. The third-order valence-electron chi connectivity index (χ3n) is 4.57. The van der Waals surface area contributed by atoms with E-state index in [1.807, 2.05) is 6.92 Å². The first-order chi connectivity index (χ1) is 12.2. The molecule has 1 saturated heterocycles. The summed E-state index contributed by atoms with van der Waals surface area (Å²) in [6, 6.07) is 5.96. The summed E-state index contributed by atoms with van der Waals surface area (Å²) in [5.74, 6) is -1.93. The molecule has 1 amide bonds. The molecule has 0 aliphatic carbocycles. The van der Waals surface area contributed by atoms with Crippen LogP contribution in [-0.2, 0) is 14.8 Å². The Morgan fingerprint density at radius 1 is 1.23 bits per heavy atom. The van der Waals surface area contributed by atoms with Gasteiger partial charge in [-0.3, -0.25) is 14.6 Å². The largest absolute Gasteiger partial charge is 0.481 e. The number of aliphatic carboxylic acids is 1. The third-order valence-corrected chi connectivity index (χ3v) is 5.54. The Balaban J connectivity index is 2.05. The number of amides is 1. The van der Waals surface area contributed by atoms with Crippen molar-refractivity contribution in [3.8, 4) is 0 Å². The highest BCUT2D eigenvalue weighted by molar-refractivity contribution is 7.89. The molecule has 9 heteroatoms. The van der Waals surface area contributed by atoms with Gasteiger partial charge in [0.1, 0.15) is 5.69 Å². The monoisotopic (exact) mass is 377 g/mol. The fraction of sp³-hybridized carbons (Fsp3) is 0.353. The van der Waals surface area contributed by atoms with Crippen LogP contribution in [0, 0.1) is 11.8 Å². The molecule has 1 aliphatic heterocycles. The van der Waals surface area contributed by atoms with Crippen molar-refractivity contribution in [2.75, 3.05) is 13.1 Å². The van der Waals surface area contributed by atoms with Crippen molar-refractivity contribution >= 4 is 32.7 Å². The predicted molar refractivity (Wildman–Crippen MR) is 93.9 cm³/mol. The standard InChI is InChI=1S/C17H19N3O5S/c1-10-7-11(17(22)23)9-20(8-10)16(21)15-13-3-2-4-14(26(18,24)25)12(13)5-6-19-15/h2-6,10-11H,7-9H2,1H3,(H,22,23)(H2,18,24,25). The van der Waals surface area contributed by atoms with E-state index in [0.29, 0.717) is 23.7 Å². The van der Waals surface area contributed by atoms with Gasteiger partial charge in [-0.25, -0.2) is 13.6 Å². The van der Waals surface area contributed by atoms with Crippen LogP contribution in [0.1, 0.15) is 23.8 Å². The average Bonchev–Trinajstić information content (AvgIpc) is 2.58. The lowest BCUT2D eigenvalue weighted by Crippen LogP contribution is -2.45. The predicted octanol–water partition coefficient (Wildman–Crippen LogP) is 1.07. The summed E-state index contributed by atoms with van der Waals surface area (Å²) < 4.78 is 23.6. The Bertz CT molecular complexity index is 989. The molecule has 3 rings (SSSR count). The number of primary sulfonamides is 1. The Hall–Kier alpha value is -2.52. The summed E-state index contributed by atoms with van der Waals surface area (Å²) in [6.45, 7) is 2.42. The van der Waals surface area contributed by atoms with Gasteiger partial charge >= 0.3 is 5.97 Å². The van der Waals surface area contributed by atoms with E-state index in [0.717, 1.165) is 0 Å². The van der Waals surface area contributed by atoms with E-state index in [1.54, 1.807) is 6.07 Å². The van der Waals surface area contributed by atoms with Crippen molar-refractivity contribution in [2.24, 2.45) is 17.0 Å². The number of carbonyl (C=O) groups excluding carboxylic acids is 1. The lowest BCUT2D eigenvalue weighted by atomic mass is 9.90. The van der Waals surface area contributed by atoms with Gasteiger partial charge in [0, 0.05) is 30.1 Å². The number of aromatic nitrogens is 1. The highest BCUT2D eigenvalue weighted by Crippen LogP contribution is 2.27. The van der Waals surface area contributed by atoms with Crippen molar-refractivity contribution in [2.45, 2.75) is 18.2 Å². The number of benzene rings is 1. The maximum Gasteiger partial charge on any atom is 0.308 e. The Morgan fingerprint density at radius 2 is 1.96 bits per heavy atom. The molecule has 0 radical (unpaired) electrons. The number of rotatable bonds is 3. The second kappa shape index (κ2) is 6.65. The molecule has 0 spiro atoms. The number of nitrogens with two attached hydrogens (primary N) is 1. The van der Waals surface area contributed by atoms with E-state index in [4.69, 9.17) is 5.14 Å². The smallest absolute Gasteiger partial charge is 0.308 e. The molecule has 138 valence electrons. The minimum absolute atomic E-state index is 0.0451. The van der Waals surface area contributed by atoms with Gasteiger partial charge in [0.25, 0.3) is 5.91 Å². The molecule has 1 aliphatic rings. The number of carbonyl (C=O) groups is 2. The molecule has 1 aromatic heterocycles. The zero-order chi connectivity index (χ0) is 19.1. The molecule has 2 atom stereocenters. The van der Waals surface area contributed by atoms with E-state index in [1.165, 1.54) is 29.3 Å². The SMILES string of the molecule is CC1CC(C(=O)O)CN(C(=O)c2nccc3c(S(N)(=O)=O)cccc23)C1. The Labute approximate surface area is 150 Å². The van der Waals surface area contributed by atoms with E-state index < -0.39 is 27.8 Å². The quantitative estimate of drug-likeness (QED) is 0.822. The van der Waals surface area contributed by atoms with Crippen LogP contribution < -0.4 is 5.14 Å². The van der Waals surface area contributed by atoms with Crippen LogP contribution in [0.5, 0.6) is 0 Å². The number of likely N-dealkylation sites (tertiary alicyclic amines) is 1. The van der Waals surface area contributed by atoms with Gasteiger partial charge < -0.3 is 10.0 Å². The summed E-state index contributed by atoms with van der Waals surface area (Å²) in [5, 5.41) is 15.2. The Morgan fingerprint density at radius 3 is 2.62 bits per heavy atom. The first-order valence-electron chi connectivity index (χ1n) is 8.11. The molecular weight excluding hydrogens is 358 g/mol. The van der Waals surface area contributed by atoms with Gasteiger partial charge in [-0.1, -0.05) is 19.1 Å². The molecule has 0 bridgehead atoms. The second-order valence-corrected chi connectivity index (χ2v) is 8.17. The Kier molecular flexibility index (Phi) is 4.68. The number of hydrogen-bond acceptors (Lipinski definition) is 5. The van der Waals surface area contributed by atoms with Crippen LogP contribution in [-0.4, -0.2) is 48.4 Å². The molecule has 26 heavy (non-hydrogen) atoms. The van der Waals surface area contributed by atoms with Crippen LogP contribution in [0.15, 0.2) is 35.4 Å². The molecule has 2 aromatic rings. The number of carboxylic acids is 1. The van der Waals surface area contributed by atoms with Gasteiger partial charge in [0.15, 0.2) is 0 Å². The normalized spacial score (nSPS) is 20.9. The molecular formula is C17H19N3O5S. The number of carboxylic acid groups (broad SMARTS) is 1. The van der Waals surface area contributed by atoms with Crippen LogP contribution in [0.3, 0.4) is 0 Å². The number of sulfonamides is 1. The van der Waals surface area contributed by atoms with Crippen LogP contribution in [0.25, 0.3) is 10.8 Å². The van der Waals surface area contributed by atoms with Gasteiger partial charge in [-0.2, -0.15) is 0 Å². The van der Waals surface area contributed by atoms with Crippen LogP contribution in [0.2, 0.25) is 0 Å². The summed E-state index contributed by atoms with van der Waals surface area (Å²) in [7, 11) is -3.96. The summed E-state index contributed by atoms with van der Waals surface area (Å²) >= 11 is 0. The van der Waals surface area contributed by atoms with E-state index >= 15 is 0 Å². The lowest BCUT2D eigenvalue weighted by Gasteiger charge is -2.34. The number of pyridine rings is 1. The van der Waals surface area contributed by atoms with Crippen LogP contribution in [0.4, 0.5) is 0 Å². The highest BCUT2D eigenvalue weighted by atomic mass is 32.2. The van der Waals surface area contributed by atoms with Gasteiger partial charge in [0.2, 0.25) is 10.0 Å². The molecule has 8 nitrogen and oxygen atoms in total. The average molecular weight is 377 g/mol. The topological polar surface area (TPSA) is 131 Å². The number of hydrogen-bond donors (Lipinski definition) is 2. The van der Waals surface area contributed by atoms with Crippen molar-refractivity contribution in [1.82, 2.24) is 9.88 Å². The zero-order valence-electron chi connectivity index (χ0n) is 14.1. The first-order valence-corrected chi connectivity index (χ1v) is 9.65. The first kappa shape index (κ1) is 18.3. The highest BCUT2D eigenvalue weighted by Gasteiger charge is 2.33. The lowest BCUT2D eigenvalue weighted by molar-refractivity contribution is -0.143. The van der Waals surface area contributed by atoms with E-state index in [2.05, 4.69) is 4.98 Å². The van der Waals surface area contributed by atoms with Crippen LogP contribution >= 0.6 is 0 Å². The fourth-order valence-corrected chi connectivity index (χ4v) is 4.20. The molecule has 3 N–H and O–H groups in total. The fourth-order valence-electron chi connectivity index (χ4n) is 3.44. The maximum atomic E-state index is 13.0. The van der Waals surface area contributed by atoms with Crippen molar-refractivity contribution < 1.29 is 23.1 Å². The summed E-state index contributed by atoms with van der Waals surface area (Å²) in [6.07, 6.45) is 1.87. The molecule has 1 aromatic carbocycles.